The maximum absolute atomic E-state index is 2.30. The molecule has 16 heavy (non-hydrogen) atoms. The average Bonchev–Trinajstić information content (AvgIpc) is 2.61. The van der Waals surface area contributed by atoms with E-state index in [1.165, 1.54) is 27.2 Å². The van der Waals surface area contributed by atoms with E-state index in [9.17, 15) is 0 Å². The van der Waals surface area contributed by atoms with E-state index in [0.717, 1.165) is 6.42 Å². The van der Waals surface area contributed by atoms with E-state index in [-0.39, 0.29) is 0 Å². The fraction of sp³-hybridized carbons (Fsp3) is 0.125. The highest BCUT2D eigenvalue weighted by Crippen LogP contribution is 2.23. The smallest absolute Gasteiger partial charge is 0.00227 e. The fourth-order valence-electron chi connectivity index (χ4n) is 2.38. The van der Waals surface area contributed by atoms with Gasteiger partial charge in [0.2, 0.25) is 0 Å². The lowest BCUT2D eigenvalue weighted by Gasteiger charge is -2.04. The molecule has 0 amide bonds. The topological polar surface area (TPSA) is 0 Å². The summed E-state index contributed by atoms with van der Waals surface area (Å²) in [6.07, 6.45) is 12.0. The molecule has 0 spiro atoms. The maximum atomic E-state index is 2.30. The third kappa shape index (κ3) is 1.47. The first-order valence-electron chi connectivity index (χ1n) is 5.69. The summed E-state index contributed by atoms with van der Waals surface area (Å²) in [5.74, 6) is 0. The Morgan fingerprint density at radius 3 is 2.75 bits per heavy atom. The lowest BCUT2D eigenvalue weighted by atomic mass is 10.0. The largest absolute Gasteiger partial charge is 0.0620 e. The lowest BCUT2D eigenvalue weighted by Crippen LogP contribution is -2.25. The van der Waals surface area contributed by atoms with Gasteiger partial charge < -0.3 is 0 Å². The number of rotatable bonds is 0. The summed E-state index contributed by atoms with van der Waals surface area (Å²) in [5.41, 5.74) is 4.23. The van der Waals surface area contributed by atoms with Crippen LogP contribution in [0.15, 0.2) is 59.7 Å². The van der Waals surface area contributed by atoms with Gasteiger partial charge in [-0.05, 0) is 40.5 Å². The normalized spacial score (nSPS) is 17.7. The molecular formula is C16H14. The zero-order valence-corrected chi connectivity index (χ0v) is 9.40. The van der Waals surface area contributed by atoms with Gasteiger partial charge in [0.05, 0.1) is 0 Å². The second-order valence-electron chi connectivity index (χ2n) is 4.35. The van der Waals surface area contributed by atoms with E-state index in [4.69, 9.17) is 0 Å². The van der Waals surface area contributed by atoms with Crippen LogP contribution in [-0.4, -0.2) is 0 Å². The van der Waals surface area contributed by atoms with Crippen molar-refractivity contribution in [3.8, 4) is 0 Å². The molecule has 0 heteroatoms. The molecule has 78 valence electrons. The first-order chi connectivity index (χ1) is 7.84. The molecule has 0 aromatic heterocycles. The van der Waals surface area contributed by atoms with E-state index in [1.807, 2.05) is 0 Å². The van der Waals surface area contributed by atoms with Crippen molar-refractivity contribution in [2.45, 2.75) is 13.3 Å². The highest BCUT2D eigenvalue weighted by Gasteiger charge is 2.08. The van der Waals surface area contributed by atoms with Crippen molar-refractivity contribution in [1.29, 1.82) is 0 Å². The number of hydrogen-bond donors (Lipinski definition) is 0. The molecule has 2 aliphatic carbocycles. The number of benzene rings is 1. The summed E-state index contributed by atoms with van der Waals surface area (Å²) < 4.78 is 0. The average molecular weight is 206 g/mol. The van der Waals surface area contributed by atoms with Crippen LogP contribution in [0.2, 0.25) is 0 Å². The van der Waals surface area contributed by atoms with Gasteiger partial charge in [0.1, 0.15) is 0 Å². The second-order valence-corrected chi connectivity index (χ2v) is 4.35. The molecule has 0 fully saturated rings. The Kier molecular flexibility index (Phi) is 2.14. The molecule has 0 N–H and O–H groups in total. The predicted molar refractivity (Wildman–Crippen MR) is 69.2 cm³/mol. The van der Waals surface area contributed by atoms with Crippen LogP contribution in [0.4, 0.5) is 0 Å². The van der Waals surface area contributed by atoms with Crippen LogP contribution in [0.25, 0.3) is 11.6 Å². The predicted octanol–water partition coefficient (Wildman–Crippen LogP) is 2.46. The molecule has 0 heterocycles. The van der Waals surface area contributed by atoms with Crippen molar-refractivity contribution < 1.29 is 0 Å². The van der Waals surface area contributed by atoms with Crippen molar-refractivity contribution in [3.05, 3.63) is 70.2 Å². The summed E-state index contributed by atoms with van der Waals surface area (Å²) in [6.45, 7) is 2.22. The Labute approximate surface area is 95.6 Å². The summed E-state index contributed by atoms with van der Waals surface area (Å²) in [7, 11) is 0. The number of fused-ring (bicyclic) bond motifs is 3. The first kappa shape index (κ1) is 9.41. The van der Waals surface area contributed by atoms with Crippen LogP contribution in [0.3, 0.4) is 0 Å². The van der Waals surface area contributed by atoms with E-state index in [2.05, 4.69) is 61.6 Å². The van der Waals surface area contributed by atoms with Crippen LogP contribution in [0.5, 0.6) is 0 Å². The minimum Gasteiger partial charge on any atom is -0.0620 e. The minimum atomic E-state index is 1.05. The lowest BCUT2D eigenvalue weighted by molar-refractivity contribution is 1.24. The molecule has 1 aromatic carbocycles. The molecule has 0 saturated heterocycles. The van der Waals surface area contributed by atoms with Crippen molar-refractivity contribution in [2.24, 2.45) is 0 Å². The van der Waals surface area contributed by atoms with E-state index in [1.54, 1.807) is 0 Å². The van der Waals surface area contributed by atoms with Crippen LogP contribution in [0, 0.1) is 0 Å². The van der Waals surface area contributed by atoms with Gasteiger partial charge in [-0.2, -0.15) is 0 Å². The standard InChI is InChI=1S/C16H14/c1-12-14-7-3-2-6-13(10-14)11-15-8-4-5-9-16(12)15/h2-9,11H,10H2,1H3. The Morgan fingerprint density at radius 1 is 1.00 bits per heavy atom. The van der Waals surface area contributed by atoms with E-state index >= 15 is 0 Å². The first-order valence-corrected chi connectivity index (χ1v) is 5.69. The summed E-state index contributed by atoms with van der Waals surface area (Å²) in [6, 6.07) is 8.63. The van der Waals surface area contributed by atoms with Gasteiger partial charge in [-0.15, -0.1) is 0 Å². The van der Waals surface area contributed by atoms with Gasteiger partial charge in [-0.25, -0.2) is 0 Å². The zero-order chi connectivity index (χ0) is 11.0. The van der Waals surface area contributed by atoms with Gasteiger partial charge >= 0.3 is 0 Å². The molecule has 1 aromatic rings. The highest BCUT2D eigenvalue weighted by molar-refractivity contribution is 5.70. The Bertz CT molecular complexity index is 637. The Hall–Kier alpha value is -1.82. The van der Waals surface area contributed by atoms with Crippen molar-refractivity contribution in [3.63, 3.8) is 0 Å². The maximum Gasteiger partial charge on any atom is -0.00227 e. The van der Waals surface area contributed by atoms with E-state index < -0.39 is 0 Å². The minimum absolute atomic E-state index is 1.05. The van der Waals surface area contributed by atoms with Gasteiger partial charge in [-0.1, -0.05) is 54.6 Å². The van der Waals surface area contributed by atoms with Gasteiger partial charge in [0.25, 0.3) is 0 Å². The molecular weight excluding hydrogens is 192 g/mol. The van der Waals surface area contributed by atoms with Gasteiger partial charge in [-0.3, -0.25) is 0 Å². The molecule has 0 saturated carbocycles. The molecule has 2 aliphatic rings. The number of allylic oxidation sites excluding steroid dienone is 6. The zero-order valence-electron chi connectivity index (χ0n) is 9.40. The summed E-state index contributed by atoms with van der Waals surface area (Å²) >= 11 is 0. The van der Waals surface area contributed by atoms with Crippen LogP contribution < -0.4 is 10.4 Å². The molecule has 0 radical (unpaired) electrons. The van der Waals surface area contributed by atoms with E-state index in [0.29, 0.717) is 0 Å². The molecule has 0 aliphatic heterocycles. The van der Waals surface area contributed by atoms with Crippen molar-refractivity contribution >= 4 is 11.6 Å². The molecule has 0 unspecified atom stereocenters. The Morgan fingerprint density at radius 2 is 1.81 bits per heavy atom. The van der Waals surface area contributed by atoms with Crippen LogP contribution in [-0.2, 0) is 0 Å². The number of hydrogen-bond acceptors (Lipinski definition) is 0. The monoisotopic (exact) mass is 206 g/mol. The van der Waals surface area contributed by atoms with Gasteiger partial charge in [0, 0.05) is 0 Å². The third-order valence-electron chi connectivity index (χ3n) is 3.30. The quantitative estimate of drug-likeness (QED) is 0.611. The molecule has 0 atom stereocenters. The molecule has 3 rings (SSSR count). The Balaban J connectivity index is 2.47. The fourth-order valence-corrected chi connectivity index (χ4v) is 2.38. The highest BCUT2D eigenvalue weighted by atomic mass is 14.1. The SMILES string of the molecule is CC1=c2ccccc2=CC2=CC=CC=C1C2. The van der Waals surface area contributed by atoms with Crippen molar-refractivity contribution in [2.75, 3.05) is 0 Å². The second kappa shape index (κ2) is 3.64. The van der Waals surface area contributed by atoms with Crippen molar-refractivity contribution in [1.82, 2.24) is 0 Å². The van der Waals surface area contributed by atoms with Crippen LogP contribution >= 0.6 is 0 Å². The summed E-state index contributed by atoms with van der Waals surface area (Å²) in [4.78, 5) is 0. The third-order valence-corrected chi connectivity index (χ3v) is 3.30. The molecule has 0 nitrogen and oxygen atoms in total. The summed E-state index contributed by atoms with van der Waals surface area (Å²) in [5, 5.41) is 2.71. The van der Waals surface area contributed by atoms with Crippen LogP contribution in [0.1, 0.15) is 13.3 Å². The van der Waals surface area contributed by atoms with Gasteiger partial charge in [0.15, 0.2) is 0 Å². The molecule has 2 bridgehead atoms.